The molecule has 128 valence electrons. The number of amides is 1. The van der Waals surface area contributed by atoms with Crippen LogP contribution < -0.4 is 10.2 Å². The summed E-state index contributed by atoms with van der Waals surface area (Å²) in [6, 6.07) is 12.3. The molecule has 0 bridgehead atoms. The number of nitrogens with one attached hydrogen (secondary N) is 2. The Hall–Kier alpha value is -1.78. The smallest absolute Gasteiger partial charge is 0.275 e. The molecule has 1 aliphatic rings. The first-order valence-electron chi connectivity index (χ1n) is 8.55. The van der Waals surface area contributed by atoms with Crippen molar-refractivity contribution in [3.63, 3.8) is 0 Å². The van der Waals surface area contributed by atoms with Crippen molar-refractivity contribution >= 4 is 17.5 Å². The third kappa shape index (κ3) is 3.82. The average Bonchev–Trinajstić information content (AvgIpc) is 3.16. The van der Waals surface area contributed by atoms with E-state index < -0.39 is 0 Å². The zero-order valence-electron chi connectivity index (χ0n) is 14.3. The van der Waals surface area contributed by atoms with E-state index >= 15 is 0 Å². The lowest BCUT2D eigenvalue weighted by atomic mass is 10.1. The molecule has 0 spiro atoms. The fourth-order valence-corrected chi connectivity index (χ4v) is 3.78. The normalized spacial score (nSPS) is 21.6. The number of carbonyl (C=O) groups is 1. The first kappa shape index (κ1) is 17.1. The van der Waals surface area contributed by atoms with Crippen molar-refractivity contribution in [3.8, 4) is 0 Å². The molecule has 1 aromatic carbocycles. The molecule has 1 saturated heterocycles. The highest BCUT2D eigenvalue weighted by atomic mass is 35.5. The van der Waals surface area contributed by atoms with Crippen molar-refractivity contribution in [2.45, 2.75) is 31.8 Å². The maximum absolute atomic E-state index is 12.5. The predicted molar refractivity (Wildman–Crippen MR) is 96.1 cm³/mol. The summed E-state index contributed by atoms with van der Waals surface area (Å²) in [5.74, 6) is 0.105. The standard InChI is InChI=1S/C19H24ClN3O/c1-14(15-7-9-16(20)10-8-15)21-19(24)13-23-12-4-6-18(23)17-5-3-11-22(17)2/h3,5,7-11,14,18H,4,6,12-13H2,1-2H3,(H,21,24)/p+1/t14-,18-/m1/s1. The quantitative estimate of drug-likeness (QED) is 0.856. The molecule has 3 atom stereocenters. The number of hydrogen-bond donors (Lipinski definition) is 2. The largest absolute Gasteiger partial charge is 0.350 e. The Morgan fingerprint density at radius 2 is 2.12 bits per heavy atom. The minimum absolute atomic E-state index is 0.00902. The predicted octanol–water partition coefficient (Wildman–Crippen LogP) is 2.28. The lowest BCUT2D eigenvalue weighted by Gasteiger charge is -2.23. The lowest BCUT2D eigenvalue weighted by molar-refractivity contribution is -0.911. The SMILES string of the molecule is C[C@@H](NC(=O)C[NH+]1CCC[C@@H]1c1cccn1C)c1ccc(Cl)cc1. The molecule has 0 aliphatic carbocycles. The van der Waals surface area contributed by atoms with Gasteiger partial charge in [0.15, 0.2) is 6.54 Å². The van der Waals surface area contributed by atoms with Crippen LogP contribution in [0.4, 0.5) is 0 Å². The van der Waals surface area contributed by atoms with Gasteiger partial charge in [0.25, 0.3) is 5.91 Å². The fourth-order valence-electron chi connectivity index (χ4n) is 3.65. The molecule has 3 rings (SSSR count). The number of rotatable bonds is 5. The Kier molecular flexibility index (Phi) is 5.27. The zero-order chi connectivity index (χ0) is 17.1. The van der Waals surface area contributed by atoms with Gasteiger partial charge in [0.05, 0.1) is 18.3 Å². The third-order valence-corrected chi connectivity index (χ3v) is 5.21. The molecule has 1 aliphatic heterocycles. The maximum atomic E-state index is 12.5. The van der Waals surface area contributed by atoms with Crippen molar-refractivity contribution in [1.29, 1.82) is 0 Å². The van der Waals surface area contributed by atoms with Crippen LogP contribution >= 0.6 is 11.6 Å². The van der Waals surface area contributed by atoms with Crippen molar-refractivity contribution in [3.05, 3.63) is 58.9 Å². The number of nitrogens with zero attached hydrogens (tertiary/aromatic N) is 1. The van der Waals surface area contributed by atoms with Crippen molar-refractivity contribution in [1.82, 2.24) is 9.88 Å². The molecular weight excluding hydrogens is 322 g/mol. The van der Waals surface area contributed by atoms with Gasteiger partial charge in [-0.1, -0.05) is 23.7 Å². The van der Waals surface area contributed by atoms with Crippen molar-refractivity contribution in [2.24, 2.45) is 7.05 Å². The van der Waals surface area contributed by atoms with E-state index in [1.54, 1.807) is 0 Å². The summed E-state index contributed by atoms with van der Waals surface area (Å²) in [4.78, 5) is 13.8. The summed E-state index contributed by atoms with van der Waals surface area (Å²) in [7, 11) is 2.08. The first-order chi connectivity index (χ1) is 11.5. The average molecular weight is 347 g/mol. The van der Waals surface area contributed by atoms with Crippen LogP contribution in [0, 0.1) is 0 Å². The highest BCUT2D eigenvalue weighted by molar-refractivity contribution is 6.30. The first-order valence-corrected chi connectivity index (χ1v) is 8.93. The zero-order valence-corrected chi connectivity index (χ0v) is 15.0. The van der Waals surface area contributed by atoms with Gasteiger partial charge in [-0.2, -0.15) is 0 Å². The third-order valence-electron chi connectivity index (χ3n) is 4.96. The number of benzene rings is 1. The van der Waals surface area contributed by atoms with Crippen molar-refractivity contribution in [2.75, 3.05) is 13.1 Å². The molecule has 1 fully saturated rings. The molecule has 1 unspecified atom stereocenters. The number of halogens is 1. The number of aromatic nitrogens is 1. The van der Waals surface area contributed by atoms with Gasteiger partial charge >= 0.3 is 0 Å². The van der Waals surface area contributed by atoms with Crippen LogP contribution in [0.1, 0.15) is 43.1 Å². The molecule has 2 heterocycles. The summed E-state index contributed by atoms with van der Waals surface area (Å²) in [5, 5.41) is 3.83. The van der Waals surface area contributed by atoms with E-state index in [2.05, 4.69) is 35.3 Å². The van der Waals surface area contributed by atoms with E-state index in [-0.39, 0.29) is 11.9 Å². The number of quaternary nitrogens is 1. The van der Waals surface area contributed by atoms with Gasteiger partial charge < -0.3 is 14.8 Å². The Balaban J connectivity index is 1.60. The molecule has 2 N–H and O–H groups in total. The lowest BCUT2D eigenvalue weighted by Crippen LogP contribution is -3.11. The van der Waals surface area contributed by atoms with Crippen molar-refractivity contribution < 1.29 is 9.69 Å². The van der Waals surface area contributed by atoms with Crippen LogP contribution in [-0.4, -0.2) is 23.6 Å². The number of likely N-dealkylation sites (tertiary alicyclic amines) is 1. The summed E-state index contributed by atoms with van der Waals surface area (Å²) < 4.78 is 2.17. The molecule has 24 heavy (non-hydrogen) atoms. The topological polar surface area (TPSA) is 38.5 Å². The van der Waals surface area contributed by atoms with Crippen LogP contribution in [0.25, 0.3) is 0 Å². The van der Waals surface area contributed by atoms with Gasteiger partial charge in [-0.15, -0.1) is 0 Å². The number of aryl methyl sites for hydroxylation is 1. The summed E-state index contributed by atoms with van der Waals surface area (Å²) in [6.45, 7) is 3.58. The molecule has 0 saturated carbocycles. The molecule has 4 nitrogen and oxygen atoms in total. The maximum Gasteiger partial charge on any atom is 0.275 e. The van der Waals surface area contributed by atoms with Gasteiger partial charge in [0.1, 0.15) is 6.04 Å². The van der Waals surface area contributed by atoms with E-state index in [1.807, 2.05) is 31.2 Å². The Morgan fingerprint density at radius 1 is 1.38 bits per heavy atom. The van der Waals surface area contributed by atoms with E-state index in [0.717, 1.165) is 18.5 Å². The molecule has 2 aromatic rings. The van der Waals surface area contributed by atoms with E-state index in [9.17, 15) is 4.79 Å². The second-order valence-corrected chi connectivity index (χ2v) is 7.10. The van der Waals surface area contributed by atoms with Crippen LogP contribution in [0.2, 0.25) is 5.02 Å². The fraction of sp³-hybridized carbons (Fsp3) is 0.421. The molecule has 1 amide bonds. The van der Waals surface area contributed by atoms with Gasteiger partial charge in [-0.25, -0.2) is 0 Å². The van der Waals surface area contributed by atoms with Gasteiger partial charge in [-0.05, 0) is 36.8 Å². The molecule has 0 radical (unpaired) electrons. The van der Waals surface area contributed by atoms with Crippen LogP contribution in [-0.2, 0) is 11.8 Å². The van der Waals surface area contributed by atoms with Crippen LogP contribution in [0.3, 0.4) is 0 Å². The Labute approximate surface area is 148 Å². The number of carbonyl (C=O) groups excluding carboxylic acids is 1. The molecule has 1 aromatic heterocycles. The number of hydrogen-bond acceptors (Lipinski definition) is 1. The van der Waals surface area contributed by atoms with E-state index in [0.29, 0.717) is 17.6 Å². The highest BCUT2D eigenvalue weighted by Gasteiger charge is 2.33. The second-order valence-electron chi connectivity index (χ2n) is 6.66. The Bertz CT molecular complexity index is 695. The van der Waals surface area contributed by atoms with Gasteiger partial charge in [-0.3, -0.25) is 4.79 Å². The van der Waals surface area contributed by atoms with Gasteiger partial charge in [0, 0.05) is 31.1 Å². The van der Waals surface area contributed by atoms with Crippen LogP contribution in [0.15, 0.2) is 42.6 Å². The van der Waals surface area contributed by atoms with E-state index in [4.69, 9.17) is 11.6 Å². The Morgan fingerprint density at radius 3 is 2.79 bits per heavy atom. The molecule has 5 heteroatoms. The van der Waals surface area contributed by atoms with Crippen LogP contribution in [0.5, 0.6) is 0 Å². The highest BCUT2D eigenvalue weighted by Crippen LogP contribution is 2.19. The second kappa shape index (κ2) is 7.41. The summed E-state index contributed by atoms with van der Waals surface area (Å²) in [5.41, 5.74) is 2.39. The minimum atomic E-state index is -0.00902. The van der Waals surface area contributed by atoms with Gasteiger partial charge in [0.2, 0.25) is 0 Å². The monoisotopic (exact) mass is 346 g/mol. The minimum Gasteiger partial charge on any atom is -0.350 e. The summed E-state index contributed by atoms with van der Waals surface area (Å²) in [6.07, 6.45) is 4.40. The molecular formula is C19H25ClN3O+. The summed E-state index contributed by atoms with van der Waals surface area (Å²) >= 11 is 5.92. The van der Waals surface area contributed by atoms with E-state index in [1.165, 1.54) is 17.0 Å².